The highest BCUT2D eigenvalue weighted by Crippen LogP contribution is 2.25. The lowest BCUT2D eigenvalue weighted by Gasteiger charge is -2.22. The molecule has 2 aromatic rings. The van der Waals surface area contributed by atoms with E-state index in [0.717, 1.165) is 17.9 Å². The van der Waals surface area contributed by atoms with Crippen LogP contribution in [0.1, 0.15) is 24.2 Å². The summed E-state index contributed by atoms with van der Waals surface area (Å²) in [5.41, 5.74) is 1.94. The molecule has 3 amide bonds. The molecule has 0 saturated carbocycles. The number of nitrogens with zero attached hydrogens (tertiary/aromatic N) is 4. The van der Waals surface area contributed by atoms with Crippen molar-refractivity contribution in [2.24, 2.45) is 0 Å². The van der Waals surface area contributed by atoms with Gasteiger partial charge in [-0.1, -0.05) is 12.1 Å². The van der Waals surface area contributed by atoms with Crippen molar-refractivity contribution in [2.75, 3.05) is 25.9 Å². The molecule has 1 aliphatic rings. The van der Waals surface area contributed by atoms with Crippen LogP contribution in [0.4, 0.5) is 0 Å². The zero-order valence-electron chi connectivity index (χ0n) is 17.6. The second-order valence-corrected chi connectivity index (χ2v) is 8.53. The van der Waals surface area contributed by atoms with E-state index in [1.165, 1.54) is 23.7 Å². The van der Waals surface area contributed by atoms with Crippen molar-refractivity contribution < 1.29 is 14.4 Å². The molecule has 1 fully saturated rings. The number of nitrogens with one attached hydrogen (secondary N) is 1. The number of pyridine rings is 2. The van der Waals surface area contributed by atoms with Crippen molar-refractivity contribution in [1.82, 2.24) is 25.1 Å². The van der Waals surface area contributed by atoms with Crippen LogP contribution in [0, 0.1) is 0 Å². The molecule has 1 aliphatic heterocycles. The molecule has 2 aromatic heterocycles. The van der Waals surface area contributed by atoms with Crippen LogP contribution in [0.5, 0.6) is 0 Å². The maximum absolute atomic E-state index is 12.6. The maximum Gasteiger partial charge on any atom is 0.242 e. The number of hydrogen-bond donors (Lipinski definition) is 1. The van der Waals surface area contributed by atoms with Crippen LogP contribution in [0.25, 0.3) is 0 Å². The number of imide groups is 1. The van der Waals surface area contributed by atoms with Gasteiger partial charge in [-0.3, -0.25) is 34.2 Å². The molecule has 164 valence electrons. The fourth-order valence-corrected chi connectivity index (χ4v) is 4.51. The van der Waals surface area contributed by atoms with Gasteiger partial charge in [0.05, 0.1) is 16.6 Å². The smallest absolute Gasteiger partial charge is 0.242 e. The van der Waals surface area contributed by atoms with E-state index in [1.807, 2.05) is 36.4 Å². The Morgan fingerprint density at radius 1 is 1.13 bits per heavy atom. The summed E-state index contributed by atoms with van der Waals surface area (Å²) in [6.45, 7) is 2.22. The monoisotopic (exact) mass is 441 g/mol. The minimum absolute atomic E-state index is 0.132. The van der Waals surface area contributed by atoms with Crippen LogP contribution in [0.3, 0.4) is 0 Å². The quantitative estimate of drug-likeness (QED) is 0.528. The van der Waals surface area contributed by atoms with E-state index in [2.05, 4.69) is 20.2 Å². The van der Waals surface area contributed by atoms with Crippen molar-refractivity contribution >= 4 is 29.5 Å². The summed E-state index contributed by atoms with van der Waals surface area (Å²) in [6.07, 6.45) is 3.88. The average molecular weight is 442 g/mol. The van der Waals surface area contributed by atoms with E-state index < -0.39 is 0 Å². The van der Waals surface area contributed by atoms with E-state index in [0.29, 0.717) is 18.8 Å². The third kappa shape index (κ3) is 6.86. The van der Waals surface area contributed by atoms with Gasteiger partial charge in [-0.25, -0.2) is 0 Å². The second-order valence-electron chi connectivity index (χ2n) is 7.22. The molecule has 0 aliphatic carbocycles. The van der Waals surface area contributed by atoms with Crippen LogP contribution in [-0.2, 0) is 27.5 Å². The molecule has 8 nitrogen and oxygen atoms in total. The summed E-state index contributed by atoms with van der Waals surface area (Å²) in [5.74, 6) is 0.119. The summed E-state index contributed by atoms with van der Waals surface area (Å²) in [7, 11) is 1.54. The lowest BCUT2D eigenvalue weighted by Crippen LogP contribution is -2.35. The van der Waals surface area contributed by atoms with E-state index in [4.69, 9.17) is 0 Å². The van der Waals surface area contributed by atoms with E-state index in [1.54, 1.807) is 12.4 Å². The summed E-state index contributed by atoms with van der Waals surface area (Å²) in [6, 6.07) is 11.7. The Kier molecular flexibility index (Phi) is 8.54. The van der Waals surface area contributed by atoms with Crippen molar-refractivity contribution in [2.45, 2.75) is 31.2 Å². The number of amides is 3. The Morgan fingerprint density at radius 2 is 1.77 bits per heavy atom. The van der Waals surface area contributed by atoms with Gasteiger partial charge in [0.15, 0.2) is 0 Å². The highest BCUT2D eigenvalue weighted by Gasteiger charge is 2.38. The fraction of sp³-hybridized carbons (Fsp3) is 0.409. The number of aromatic nitrogens is 2. The third-order valence-electron chi connectivity index (χ3n) is 4.99. The van der Waals surface area contributed by atoms with Gasteiger partial charge in [-0.2, -0.15) is 0 Å². The first-order valence-corrected chi connectivity index (χ1v) is 11.3. The fourth-order valence-electron chi connectivity index (χ4n) is 3.34. The number of carbonyl (C=O) groups excluding carboxylic acids is 3. The van der Waals surface area contributed by atoms with Crippen molar-refractivity contribution in [3.8, 4) is 0 Å². The molecule has 0 radical (unpaired) electrons. The number of rotatable bonds is 11. The molecule has 1 unspecified atom stereocenters. The van der Waals surface area contributed by atoms with Crippen molar-refractivity contribution in [3.63, 3.8) is 0 Å². The van der Waals surface area contributed by atoms with Crippen LogP contribution in [0.15, 0.2) is 48.8 Å². The Balaban J connectivity index is 1.54. The third-order valence-corrected chi connectivity index (χ3v) is 6.18. The molecule has 9 heteroatoms. The lowest BCUT2D eigenvalue weighted by molar-refractivity contribution is -0.138. The summed E-state index contributed by atoms with van der Waals surface area (Å²) >= 11 is 1.49. The number of likely N-dealkylation sites (tertiary alicyclic amines) is 1. The SMILES string of the molecule is CNC(=O)CCN1C(=O)CC(SCCN(Cc2ccccn2)Cc2ccccn2)C1=O. The minimum Gasteiger partial charge on any atom is -0.359 e. The number of thioether (sulfide) groups is 1. The molecule has 1 saturated heterocycles. The van der Waals surface area contributed by atoms with Gasteiger partial charge in [0.25, 0.3) is 0 Å². The van der Waals surface area contributed by atoms with Crippen LogP contribution in [0.2, 0.25) is 0 Å². The van der Waals surface area contributed by atoms with Gasteiger partial charge in [0.1, 0.15) is 0 Å². The molecule has 1 N–H and O–H groups in total. The first-order chi connectivity index (χ1) is 15.1. The Bertz CT molecular complexity index is 840. The first-order valence-electron chi connectivity index (χ1n) is 10.3. The minimum atomic E-state index is -0.385. The first kappa shape index (κ1) is 22.9. The number of carbonyl (C=O) groups is 3. The Labute approximate surface area is 186 Å². The predicted octanol–water partition coefficient (Wildman–Crippen LogP) is 1.48. The van der Waals surface area contributed by atoms with Crippen LogP contribution >= 0.6 is 11.8 Å². The topological polar surface area (TPSA) is 95.5 Å². The standard InChI is InChI=1S/C22H27N5O3S/c1-23-20(28)8-11-27-21(29)14-19(22(27)30)31-13-12-26(15-17-6-2-4-9-24-17)16-18-7-3-5-10-25-18/h2-7,9-10,19H,8,11-16H2,1H3,(H,23,28). The maximum atomic E-state index is 12.6. The lowest BCUT2D eigenvalue weighted by atomic mass is 10.3. The van der Waals surface area contributed by atoms with E-state index in [9.17, 15) is 14.4 Å². The Hall–Kier alpha value is -2.78. The highest BCUT2D eigenvalue weighted by molar-refractivity contribution is 8.00. The number of hydrogen-bond acceptors (Lipinski definition) is 7. The summed E-state index contributed by atoms with van der Waals surface area (Å²) in [4.78, 5) is 48.5. The zero-order chi connectivity index (χ0) is 22.1. The van der Waals surface area contributed by atoms with Gasteiger partial charge >= 0.3 is 0 Å². The predicted molar refractivity (Wildman–Crippen MR) is 119 cm³/mol. The summed E-state index contributed by atoms with van der Waals surface area (Å²) in [5, 5.41) is 2.12. The molecular weight excluding hydrogens is 414 g/mol. The summed E-state index contributed by atoms with van der Waals surface area (Å²) < 4.78 is 0. The van der Waals surface area contributed by atoms with E-state index in [-0.39, 0.29) is 42.4 Å². The largest absolute Gasteiger partial charge is 0.359 e. The van der Waals surface area contributed by atoms with Crippen LogP contribution < -0.4 is 5.32 Å². The Morgan fingerprint density at radius 3 is 2.32 bits per heavy atom. The van der Waals surface area contributed by atoms with Gasteiger partial charge < -0.3 is 5.32 Å². The van der Waals surface area contributed by atoms with Gasteiger partial charge in [-0.15, -0.1) is 11.8 Å². The van der Waals surface area contributed by atoms with Crippen molar-refractivity contribution in [3.05, 3.63) is 60.2 Å². The molecule has 3 rings (SSSR count). The second kappa shape index (κ2) is 11.6. The zero-order valence-corrected chi connectivity index (χ0v) is 18.4. The average Bonchev–Trinajstić information content (AvgIpc) is 3.06. The molecular formula is C22H27N5O3S. The molecule has 3 heterocycles. The van der Waals surface area contributed by atoms with E-state index >= 15 is 0 Å². The van der Waals surface area contributed by atoms with Gasteiger partial charge in [0.2, 0.25) is 17.7 Å². The highest BCUT2D eigenvalue weighted by atomic mass is 32.2. The normalized spacial score (nSPS) is 16.2. The molecule has 0 bridgehead atoms. The molecule has 31 heavy (non-hydrogen) atoms. The van der Waals surface area contributed by atoms with Gasteiger partial charge in [0, 0.05) is 64.2 Å². The molecule has 0 spiro atoms. The van der Waals surface area contributed by atoms with Gasteiger partial charge in [-0.05, 0) is 24.3 Å². The van der Waals surface area contributed by atoms with Crippen LogP contribution in [-0.4, -0.2) is 68.6 Å². The molecule has 0 aromatic carbocycles. The molecule has 1 atom stereocenters. The van der Waals surface area contributed by atoms with Crippen molar-refractivity contribution in [1.29, 1.82) is 0 Å².